The van der Waals surface area contributed by atoms with Gasteiger partial charge in [-0.25, -0.2) is 0 Å². The molecule has 0 spiro atoms. The molecule has 0 aromatic rings. The fourth-order valence-corrected chi connectivity index (χ4v) is 1.15. The van der Waals surface area contributed by atoms with E-state index in [1.54, 1.807) is 0 Å². The van der Waals surface area contributed by atoms with Gasteiger partial charge in [-0.2, -0.15) is 13.2 Å². The fraction of sp³-hybridized carbons (Fsp3) is 0.857. The van der Waals surface area contributed by atoms with Crippen molar-refractivity contribution in [1.82, 2.24) is 5.32 Å². The number of hydrogen-bond donors (Lipinski definition) is 1. The van der Waals surface area contributed by atoms with Crippen molar-refractivity contribution in [2.75, 3.05) is 13.1 Å². The minimum Gasteiger partial charge on any atom is -0.358 e. The van der Waals surface area contributed by atoms with Crippen LogP contribution in [0.1, 0.15) is 12.8 Å². The van der Waals surface area contributed by atoms with Gasteiger partial charge >= 0.3 is 57.6 Å². The van der Waals surface area contributed by atoms with Crippen LogP contribution in [0.3, 0.4) is 0 Å². The molecule has 68 valence electrons. The first-order valence-electron chi connectivity index (χ1n) is 3.38. The van der Waals surface area contributed by atoms with E-state index in [1.807, 2.05) is 0 Å². The van der Waals surface area contributed by atoms with Crippen molar-refractivity contribution in [2.24, 2.45) is 5.92 Å². The summed E-state index contributed by atoms with van der Waals surface area (Å²) < 4.78 is 35.7. The molecule has 1 fully saturated rings. The van der Waals surface area contributed by atoms with Crippen LogP contribution in [-0.4, -0.2) is 19.3 Å². The first-order chi connectivity index (χ1) is 4.61. The molecule has 0 aliphatic carbocycles. The van der Waals surface area contributed by atoms with Crippen molar-refractivity contribution < 1.29 is 64.6 Å². The molecular formula is C7H13F3KN. The van der Waals surface area contributed by atoms with Crippen LogP contribution >= 0.6 is 0 Å². The molecule has 0 saturated carbocycles. The van der Waals surface area contributed by atoms with E-state index in [0.717, 1.165) is 0 Å². The summed E-state index contributed by atoms with van der Waals surface area (Å²) in [4.78, 5) is 0. The Hall–Kier alpha value is 1.39. The predicted molar refractivity (Wildman–Crippen MR) is 38.1 cm³/mol. The smallest absolute Gasteiger partial charge is 0.358 e. The van der Waals surface area contributed by atoms with Crippen LogP contribution < -0.4 is 56.7 Å². The van der Waals surface area contributed by atoms with Crippen LogP contribution in [0.2, 0.25) is 0 Å². The monoisotopic (exact) mass is 207 g/mol. The first kappa shape index (κ1) is 15.8. The maximum atomic E-state index is 11.9. The van der Waals surface area contributed by atoms with E-state index in [1.165, 1.54) is 0 Å². The summed E-state index contributed by atoms with van der Waals surface area (Å²) >= 11 is 0. The standard InChI is InChI=1S/C6H10F3N.CH3.K/c7-6(8,9)5-1-3-10-4-2-5;;/h5,10H,1-4H2;1H3;/q;-1;+1. The first-order valence-corrected chi connectivity index (χ1v) is 3.38. The van der Waals surface area contributed by atoms with Gasteiger partial charge in [0.05, 0.1) is 5.92 Å². The second-order valence-corrected chi connectivity index (χ2v) is 2.57. The number of hydrogen-bond acceptors (Lipinski definition) is 1. The molecule has 0 aromatic heterocycles. The number of rotatable bonds is 0. The zero-order chi connectivity index (χ0) is 7.61. The van der Waals surface area contributed by atoms with Gasteiger partial charge in [0.2, 0.25) is 0 Å². The van der Waals surface area contributed by atoms with E-state index in [2.05, 4.69) is 5.32 Å². The Morgan fingerprint density at radius 1 is 1.08 bits per heavy atom. The van der Waals surface area contributed by atoms with Crippen molar-refractivity contribution in [3.63, 3.8) is 0 Å². The molecule has 0 aromatic carbocycles. The predicted octanol–water partition coefficient (Wildman–Crippen LogP) is -0.997. The summed E-state index contributed by atoms with van der Waals surface area (Å²) in [5.41, 5.74) is 0. The van der Waals surface area contributed by atoms with Gasteiger partial charge < -0.3 is 12.7 Å². The van der Waals surface area contributed by atoms with Gasteiger partial charge in [0, 0.05) is 0 Å². The van der Waals surface area contributed by atoms with Crippen LogP contribution in [0.25, 0.3) is 0 Å². The van der Waals surface area contributed by atoms with Gasteiger partial charge in [0.1, 0.15) is 0 Å². The summed E-state index contributed by atoms with van der Waals surface area (Å²) in [7, 11) is 0. The Balaban J connectivity index is 0. The van der Waals surface area contributed by atoms with Gasteiger partial charge in [0.25, 0.3) is 0 Å². The maximum Gasteiger partial charge on any atom is 1.00 e. The van der Waals surface area contributed by atoms with Gasteiger partial charge in [-0.3, -0.25) is 0 Å². The van der Waals surface area contributed by atoms with Crippen LogP contribution in [0, 0.1) is 13.3 Å². The van der Waals surface area contributed by atoms with Crippen LogP contribution in [0.5, 0.6) is 0 Å². The van der Waals surface area contributed by atoms with E-state index in [-0.39, 0.29) is 71.7 Å². The molecule has 1 rings (SSSR count). The SMILES string of the molecule is FC(F)(F)C1CCNCC1.[CH3-].[K+]. The summed E-state index contributed by atoms with van der Waals surface area (Å²) in [6.45, 7) is 1.01. The zero-order valence-electron chi connectivity index (χ0n) is 7.54. The molecule has 1 N–H and O–H groups in total. The molecule has 1 aliphatic rings. The maximum absolute atomic E-state index is 11.9. The molecule has 1 heterocycles. The van der Waals surface area contributed by atoms with Crippen molar-refractivity contribution in [1.29, 1.82) is 0 Å². The molecule has 1 aliphatic heterocycles. The van der Waals surface area contributed by atoms with Crippen molar-refractivity contribution in [3.8, 4) is 0 Å². The molecule has 0 unspecified atom stereocenters. The molecule has 0 bridgehead atoms. The molecular weight excluding hydrogens is 194 g/mol. The summed E-state index contributed by atoms with van der Waals surface area (Å²) in [6.07, 6.45) is -3.49. The minimum absolute atomic E-state index is 0. The molecule has 5 heteroatoms. The van der Waals surface area contributed by atoms with Crippen LogP contribution in [0.15, 0.2) is 0 Å². The number of alkyl halides is 3. The second-order valence-electron chi connectivity index (χ2n) is 2.57. The van der Waals surface area contributed by atoms with Crippen molar-refractivity contribution in [3.05, 3.63) is 7.43 Å². The second kappa shape index (κ2) is 6.78. The molecule has 0 amide bonds. The minimum atomic E-state index is -3.97. The average Bonchev–Trinajstić information content (AvgIpc) is 1.88. The third-order valence-electron chi connectivity index (χ3n) is 1.80. The van der Waals surface area contributed by atoms with Crippen LogP contribution in [0.4, 0.5) is 13.2 Å². The summed E-state index contributed by atoms with van der Waals surface area (Å²) in [5, 5.41) is 2.89. The van der Waals surface area contributed by atoms with E-state index >= 15 is 0 Å². The molecule has 1 saturated heterocycles. The topological polar surface area (TPSA) is 12.0 Å². The molecule has 12 heavy (non-hydrogen) atoms. The Bertz CT molecular complexity index is 110. The van der Waals surface area contributed by atoms with Gasteiger partial charge in [0.15, 0.2) is 0 Å². The van der Waals surface area contributed by atoms with Gasteiger partial charge in [-0.05, 0) is 25.9 Å². The molecule has 0 atom stereocenters. The average molecular weight is 207 g/mol. The number of piperidine rings is 1. The van der Waals surface area contributed by atoms with E-state index in [9.17, 15) is 13.2 Å². The van der Waals surface area contributed by atoms with E-state index in [0.29, 0.717) is 13.1 Å². The quantitative estimate of drug-likeness (QED) is 0.397. The number of nitrogens with one attached hydrogen (secondary N) is 1. The van der Waals surface area contributed by atoms with Crippen molar-refractivity contribution in [2.45, 2.75) is 19.0 Å². The normalized spacial score (nSPS) is 19.2. The van der Waals surface area contributed by atoms with Gasteiger partial charge in [-0.15, -0.1) is 0 Å². The zero-order valence-corrected chi connectivity index (χ0v) is 10.7. The Morgan fingerprint density at radius 3 is 1.75 bits per heavy atom. The Labute approximate surface area is 114 Å². The third kappa shape index (κ3) is 5.19. The molecule has 0 radical (unpaired) electrons. The van der Waals surface area contributed by atoms with Crippen LogP contribution in [-0.2, 0) is 0 Å². The Kier molecular flexibility index (Phi) is 8.95. The molecule has 1 nitrogen and oxygen atoms in total. The fourth-order valence-electron chi connectivity index (χ4n) is 1.15. The third-order valence-corrected chi connectivity index (χ3v) is 1.80. The van der Waals surface area contributed by atoms with Gasteiger partial charge in [-0.1, -0.05) is 0 Å². The Morgan fingerprint density at radius 2 is 1.50 bits per heavy atom. The summed E-state index contributed by atoms with van der Waals surface area (Å²) in [6, 6.07) is 0. The van der Waals surface area contributed by atoms with Crippen molar-refractivity contribution >= 4 is 0 Å². The van der Waals surface area contributed by atoms with E-state index < -0.39 is 12.1 Å². The largest absolute Gasteiger partial charge is 1.00 e. The van der Waals surface area contributed by atoms with E-state index in [4.69, 9.17) is 0 Å². The number of halogens is 3. The summed E-state index contributed by atoms with van der Waals surface area (Å²) in [5.74, 6) is -1.06.